The number of halogens is 1. The van der Waals surface area contributed by atoms with Gasteiger partial charge < -0.3 is 10.6 Å². The SMILES string of the molecule is CC(C)(C)Nc1ccc(NC(=O)c2ccccc2Br)cn1. The predicted octanol–water partition coefficient (Wildman–Crippen LogP) is 4.31. The van der Waals surface area contributed by atoms with Crippen LogP contribution >= 0.6 is 15.9 Å². The third kappa shape index (κ3) is 4.56. The molecule has 0 bridgehead atoms. The van der Waals surface area contributed by atoms with Crippen molar-refractivity contribution in [3.63, 3.8) is 0 Å². The summed E-state index contributed by atoms with van der Waals surface area (Å²) in [6.45, 7) is 6.20. The summed E-state index contributed by atoms with van der Waals surface area (Å²) in [4.78, 5) is 16.5. The van der Waals surface area contributed by atoms with Crippen LogP contribution in [-0.2, 0) is 0 Å². The van der Waals surface area contributed by atoms with Crippen molar-refractivity contribution >= 4 is 33.3 Å². The lowest BCUT2D eigenvalue weighted by Crippen LogP contribution is -2.26. The topological polar surface area (TPSA) is 54.0 Å². The zero-order valence-corrected chi connectivity index (χ0v) is 13.9. The van der Waals surface area contributed by atoms with Crippen molar-refractivity contribution in [3.8, 4) is 0 Å². The Hall–Kier alpha value is -1.88. The van der Waals surface area contributed by atoms with E-state index in [1.54, 1.807) is 12.3 Å². The maximum absolute atomic E-state index is 12.2. The monoisotopic (exact) mass is 347 g/mol. The van der Waals surface area contributed by atoms with Crippen LogP contribution in [0.15, 0.2) is 47.1 Å². The molecule has 0 atom stereocenters. The number of nitrogens with zero attached hydrogens (tertiary/aromatic N) is 1. The fraction of sp³-hybridized carbons (Fsp3) is 0.250. The lowest BCUT2D eigenvalue weighted by molar-refractivity contribution is 0.102. The largest absolute Gasteiger partial charge is 0.365 e. The highest BCUT2D eigenvalue weighted by Crippen LogP contribution is 2.19. The number of benzene rings is 1. The molecule has 0 saturated heterocycles. The van der Waals surface area contributed by atoms with Gasteiger partial charge in [-0.3, -0.25) is 4.79 Å². The lowest BCUT2D eigenvalue weighted by Gasteiger charge is -2.21. The van der Waals surface area contributed by atoms with Gasteiger partial charge in [0.05, 0.1) is 17.4 Å². The van der Waals surface area contributed by atoms with Crippen LogP contribution in [0.5, 0.6) is 0 Å². The summed E-state index contributed by atoms with van der Waals surface area (Å²) in [5.41, 5.74) is 1.21. The van der Waals surface area contributed by atoms with E-state index in [4.69, 9.17) is 0 Å². The van der Waals surface area contributed by atoms with Gasteiger partial charge in [0, 0.05) is 10.0 Å². The summed E-state index contributed by atoms with van der Waals surface area (Å²) in [6, 6.07) is 11.0. The van der Waals surface area contributed by atoms with Crippen LogP contribution in [-0.4, -0.2) is 16.4 Å². The first-order chi connectivity index (χ1) is 9.85. The summed E-state index contributed by atoms with van der Waals surface area (Å²) in [5.74, 6) is 0.613. The van der Waals surface area contributed by atoms with Crippen LogP contribution in [0.3, 0.4) is 0 Å². The summed E-state index contributed by atoms with van der Waals surface area (Å²) in [6.07, 6.45) is 1.64. The molecular formula is C16H18BrN3O. The second-order valence-electron chi connectivity index (χ2n) is 5.74. The molecule has 0 aliphatic heterocycles. The number of hydrogen-bond donors (Lipinski definition) is 2. The van der Waals surface area contributed by atoms with E-state index in [-0.39, 0.29) is 11.4 Å². The Morgan fingerprint density at radius 3 is 2.43 bits per heavy atom. The summed E-state index contributed by atoms with van der Waals surface area (Å²) >= 11 is 3.37. The van der Waals surface area contributed by atoms with Crippen molar-refractivity contribution in [2.75, 3.05) is 10.6 Å². The number of rotatable bonds is 3. The van der Waals surface area contributed by atoms with Crippen LogP contribution in [0.25, 0.3) is 0 Å². The Morgan fingerprint density at radius 2 is 1.86 bits per heavy atom. The summed E-state index contributed by atoms with van der Waals surface area (Å²) < 4.78 is 0.765. The third-order valence-electron chi connectivity index (χ3n) is 2.64. The van der Waals surface area contributed by atoms with Crippen molar-refractivity contribution in [1.82, 2.24) is 4.98 Å². The molecule has 2 rings (SSSR count). The Balaban J connectivity index is 2.07. The molecule has 0 fully saturated rings. The summed E-state index contributed by atoms with van der Waals surface area (Å²) in [7, 11) is 0. The molecule has 2 aromatic rings. The molecule has 1 amide bonds. The standard InChI is InChI=1S/C16H18BrN3O/c1-16(2,3)20-14-9-8-11(10-18-14)19-15(21)12-6-4-5-7-13(12)17/h4-10H,1-3H3,(H,18,20)(H,19,21). The van der Waals surface area contributed by atoms with E-state index in [1.165, 1.54) is 0 Å². The van der Waals surface area contributed by atoms with Gasteiger partial charge in [0.25, 0.3) is 5.91 Å². The van der Waals surface area contributed by atoms with Crippen LogP contribution in [0.4, 0.5) is 11.5 Å². The number of amides is 1. The molecule has 0 unspecified atom stereocenters. The molecule has 0 spiro atoms. The highest BCUT2D eigenvalue weighted by Gasteiger charge is 2.11. The molecule has 1 aromatic carbocycles. The Labute approximate surface area is 133 Å². The number of aromatic nitrogens is 1. The number of carbonyl (C=O) groups excluding carboxylic acids is 1. The highest BCUT2D eigenvalue weighted by molar-refractivity contribution is 9.10. The van der Waals surface area contributed by atoms with E-state index in [2.05, 4.69) is 52.3 Å². The van der Waals surface area contributed by atoms with Crippen molar-refractivity contribution in [1.29, 1.82) is 0 Å². The number of anilines is 2. The molecule has 5 heteroatoms. The van der Waals surface area contributed by atoms with Gasteiger partial charge in [-0.1, -0.05) is 12.1 Å². The van der Waals surface area contributed by atoms with E-state index in [0.717, 1.165) is 10.3 Å². The molecule has 21 heavy (non-hydrogen) atoms. The highest BCUT2D eigenvalue weighted by atomic mass is 79.9. The van der Waals surface area contributed by atoms with Crippen molar-refractivity contribution in [2.45, 2.75) is 26.3 Å². The maximum atomic E-state index is 12.2. The average molecular weight is 348 g/mol. The maximum Gasteiger partial charge on any atom is 0.256 e. The van der Waals surface area contributed by atoms with E-state index in [9.17, 15) is 4.79 Å². The van der Waals surface area contributed by atoms with Gasteiger partial charge in [-0.25, -0.2) is 4.98 Å². The van der Waals surface area contributed by atoms with Crippen LogP contribution < -0.4 is 10.6 Å². The molecule has 0 aliphatic rings. The zero-order valence-electron chi connectivity index (χ0n) is 12.3. The second kappa shape index (κ2) is 6.26. The first-order valence-electron chi connectivity index (χ1n) is 6.65. The van der Waals surface area contributed by atoms with Gasteiger partial charge >= 0.3 is 0 Å². The molecule has 0 aliphatic carbocycles. The average Bonchev–Trinajstić information content (AvgIpc) is 2.40. The number of hydrogen-bond acceptors (Lipinski definition) is 3. The molecule has 1 aromatic heterocycles. The van der Waals surface area contributed by atoms with E-state index in [0.29, 0.717) is 11.3 Å². The Morgan fingerprint density at radius 1 is 1.14 bits per heavy atom. The molecule has 1 heterocycles. The third-order valence-corrected chi connectivity index (χ3v) is 3.33. The fourth-order valence-electron chi connectivity index (χ4n) is 1.77. The predicted molar refractivity (Wildman–Crippen MR) is 89.7 cm³/mol. The van der Waals surface area contributed by atoms with Crippen molar-refractivity contribution in [2.24, 2.45) is 0 Å². The van der Waals surface area contributed by atoms with Crippen molar-refractivity contribution in [3.05, 3.63) is 52.6 Å². The molecule has 0 saturated carbocycles. The first-order valence-corrected chi connectivity index (χ1v) is 7.44. The van der Waals surface area contributed by atoms with Gasteiger partial charge in [0.1, 0.15) is 5.82 Å². The normalized spacial score (nSPS) is 11.0. The van der Waals surface area contributed by atoms with Crippen molar-refractivity contribution < 1.29 is 4.79 Å². The minimum Gasteiger partial charge on any atom is -0.365 e. The summed E-state index contributed by atoms with van der Waals surface area (Å²) in [5, 5.41) is 6.10. The minimum atomic E-state index is -0.166. The Kier molecular flexibility index (Phi) is 4.63. The van der Waals surface area contributed by atoms with Gasteiger partial charge in [0.15, 0.2) is 0 Å². The number of nitrogens with one attached hydrogen (secondary N) is 2. The number of pyridine rings is 1. The van der Waals surface area contributed by atoms with E-state index < -0.39 is 0 Å². The zero-order chi connectivity index (χ0) is 15.5. The van der Waals surface area contributed by atoms with Crippen LogP contribution in [0.2, 0.25) is 0 Å². The van der Waals surface area contributed by atoms with Crippen LogP contribution in [0, 0.1) is 0 Å². The second-order valence-corrected chi connectivity index (χ2v) is 6.60. The van der Waals surface area contributed by atoms with E-state index >= 15 is 0 Å². The fourth-order valence-corrected chi connectivity index (χ4v) is 2.23. The van der Waals surface area contributed by atoms with Crippen LogP contribution in [0.1, 0.15) is 31.1 Å². The minimum absolute atomic E-state index is 0.0489. The first kappa shape index (κ1) is 15.5. The lowest BCUT2D eigenvalue weighted by atomic mass is 10.1. The Bertz CT molecular complexity index is 633. The number of carbonyl (C=O) groups is 1. The molecule has 110 valence electrons. The molecule has 0 radical (unpaired) electrons. The van der Waals surface area contributed by atoms with Gasteiger partial charge in [-0.05, 0) is 61.0 Å². The smallest absolute Gasteiger partial charge is 0.256 e. The van der Waals surface area contributed by atoms with Gasteiger partial charge in [-0.15, -0.1) is 0 Å². The molecule has 2 N–H and O–H groups in total. The quantitative estimate of drug-likeness (QED) is 0.869. The molecular weight excluding hydrogens is 330 g/mol. The molecule has 4 nitrogen and oxygen atoms in total. The van der Waals surface area contributed by atoms with Gasteiger partial charge in [-0.2, -0.15) is 0 Å². The van der Waals surface area contributed by atoms with Gasteiger partial charge in [0.2, 0.25) is 0 Å². The van der Waals surface area contributed by atoms with E-state index in [1.807, 2.05) is 30.3 Å².